The molecule has 1 aromatic carbocycles. The summed E-state index contributed by atoms with van der Waals surface area (Å²) >= 11 is 0. The number of aryl methyl sites for hydroxylation is 2. The number of benzene rings is 1. The van der Waals surface area contributed by atoms with E-state index < -0.39 is 5.82 Å². The van der Waals surface area contributed by atoms with E-state index in [2.05, 4.69) is 20.3 Å². The molecule has 3 heterocycles. The maximum atomic E-state index is 12.9. The van der Waals surface area contributed by atoms with Gasteiger partial charge in [0.1, 0.15) is 0 Å². The van der Waals surface area contributed by atoms with E-state index in [1.54, 1.807) is 6.07 Å². The van der Waals surface area contributed by atoms with Crippen molar-refractivity contribution in [1.82, 2.24) is 20.3 Å². The highest BCUT2D eigenvalue weighted by Crippen LogP contribution is 2.20. The van der Waals surface area contributed by atoms with Gasteiger partial charge in [-0.2, -0.15) is 0 Å². The molecule has 26 heavy (non-hydrogen) atoms. The van der Waals surface area contributed by atoms with E-state index in [1.807, 2.05) is 36.9 Å². The Labute approximate surface area is 150 Å². The Kier molecular flexibility index (Phi) is 3.99. The molecular formula is C19H18FN5O. The Balaban J connectivity index is 1.43. The predicted octanol–water partition coefficient (Wildman–Crippen LogP) is 2.40. The third-order valence-electron chi connectivity index (χ3n) is 4.51. The normalized spacial score (nSPS) is 14.3. The molecule has 132 valence electrons. The van der Waals surface area contributed by atoms with Gasteiger partial charge in [-0.3, -0.25) is 9.78 Å². The molecule has 4 rings (SSSR count). The molecule has 2 aromatic heterocycles. The monoisotopic (exact) mass is 351 g/mol. The minimum atomic E-state index is -0.463. The maximum Gasteiger partial charge on any atom is 0.251 e. The van der Waals surface area contributed by atoms with Crippen molar-refractivity contribution in [1.29, 1.82) is 0 Å². The highest BCUT2D eigenvalue weighted by atomic mass is 19.1. The van der Waals surface area contributed by atoms with Gasteiger partial charge in [0, 0.05) is 29.7 Å². The smallest absolute Gasteiger partial charge is 0.251 e. The highest BCUT2D eigenvalue weighted by molar-refractivity contribution is 5.98. The summed E-state index contributed by atoms with van der Waals surface area (Å²) in [5, 5.41) is 3.99. The molecule has 1 aliphatic rings. The van der Waals surface area contributed by atoms with Gasteiger partial charge >= 0.3 is 0 Å². The van der Waals surface area contributed by atoms with Crippen molar-refractivity contribution in [3.8, 4) is 0 Å². The van der Waals surface area contributed by atoms with Gasteiger partial charge in [-0.25, -0.2) is 14.4 Å². The predicted molar refractivity (Wildman–Crippen MR) is 96.7 cm³/mol. The minimum Gasteiger partial charge on any atom is -0.346 e. The van der Waals surface area contributed by atoms with Gasteiger partial charge in [0.15, 0.2) is 5.82 Å². The van der Waals surface area contributed by atoms with Gasteiger partial charge < -0.3 is 10.2 Å². The highest BCUT2D eigenvalue weighted by Gasteiger charge is 2.30. The molecule has 0 saturated carbocycles. The number of carbonyl (C=O) groups is 1. The molecule has 6 nitrogen and oxygen atoms in total. The van der Waals surface area contributed by atoms with Crippen molar-refractivity contribution < 1.29 is 9.18 Å². The van der Waals surface area contributed by atoms with Gasteiger partial charge in [-0.05, 0) is 43.7 Å². The van der Waals surface area contributed by atoms with Gasteiger partial charge in [0.2, 0.25) is 5.95 Å². The van der Waals surface area contributed by atoms with Crippen LogP contribution in [-0.4, -0.2) is 40.0 Å². The van der Waals surface area contributed by atoms with Crippen LogP contribution >= 0.6 is 0 Å². The van der Waals surface area contributed by atoms with E-state index in [9.17, 15) is 9.18 Å². The third-order valence-corrected chi connectivity index (χ3v) is 4.51. The van der Waals surface area contributed by atoms with Gasteiger partial charge in [0.05, 0.1) is 24.0 Å². The zero-order valence-corrected chi connectivity index (χ0v) is 14.5. The first kappa shape index (κ1) is 16.4. The molecule has 1 amide bonds. The molecule has 0 aliphatic carbocycles. The molecule has 1 saturated heterocycles. The lowest BCUT2D eigenvalue weighted by atomic mass is 10.0. The Bertz CT molecular complexity index is 983. The standard InChI is InChI=1S/C19H18FN5O/c1-11-5-12(2)23-17-4-3-13(6-16(11)17)18(26)24-15-9-25(10-15)19-21-7-14(20)8-22-19/h3-8,15H,9-10H2,1-2H3,(H,24,26). The molecule has 0 unspecified atom stereocenters. The first-order chi connectivity index (χ1) is 12.5. The van der Waals surface area contributed by atoms with E-state index in [4.69, 9.17) is 0 Å². The molecule has 0 bridgehead atoms. The topological polar surface area (TPSA) is 71.0 Å². The van der Waals surface area contributed by atoms with E-state index in [0.29, 0.717) is 24.6 Å². The van der Waals surface area contributed by atoms with Crippen molar-refractivity contribution >= 4 is 22.8 Å². The van der Waals surface area contributed by atoms with Gasteiger partial charge in [-0.1, -0.05) is 0 Å². The zero-order valence-electron chi connectivity index (χ0n) is 14.5. The second-order valence-electron chi connectivity index (χ2n) is 6.59. The lowest BCUT2D eigenvalue weighted by Gasteiger charge is -2.39. The van der Waals surface area contributed by atoms with Crippen LogP contribution in [0.2, 0.25) is 0 Å². The number of nitrogens with one attached hydrogen (secondary N) is 1. The van der Waals surface area contributed by atoms with Crippen LogP contribution in [0, 0.1) is 19.7 Å². The molecule has 3 aromatic rings. The summed E-state index contributed by atoms with van der Waals surface area (Å²) in [4.78, 5) is 26.8. The number of pyridine rings is 1. The van der Waals surface area contributed by atoms with Crippen molar-refractivity contribution in [3.05, 3.63) is 59.3 Å². The molecule has 1 N–H and O–H groups in total. The Morgan fingerprint density at radius 1 is 1.19 bits per heavy atom. The van der Waals surface area contributed by atoms with Crippen LogP contribution in [0.15, 0.2) is 36.7 Å². The summed E-state index contributed by atoms with van der Waals surface area (Å²) in [5.74, 6) is -0.105. The second-order valence-corrected chi connectivity index (χ2v) is 6.59. The van der Waals surface area contributed by atoms with Crippen LogP contribution in [0.3, 0.4) is 0 Å². The number of hydrogen-bond donors (Lipinski definition) is 1. The fourth-order valence-corrected chi connectivity index (χ4v) is 3.17. The van der Waals surface area contributed by atoms with Crippen molar-refractivity contribution in [2.45, 2.75) is 19.9 Å². The fraction of sp³-hybridized carbons (Fsp3) is 0.263. The van der Waals surface area contributed by atoms with E-state index in [-0.39, 0.29) is 11.9 Å². The van der Waals surface area contributed by atoms with Gasteiger partial charge in [0.25, 0.3) is 5.91 Å². The number of fused-ring (bicyclic) bond motifs is 1. The molecule has 0 spiro atoms. The Morgan fingerprint density at radius 2 is 1.92 bits per heavy atom. The number of carbonyl (C=O) groups excluding carboxylic acids is 1. The molecule has 7 heteroatoms. The Hall–Kier alpha value is -3.09. The SMILES string of the molecule is Cc1cc(C)c2cc(C(=O)NC3CN(c4ncc(F)cn4)C3)ccc2n1. The zero-order chi connectivity index (χ0) is 18.3. The number of nitrogens with zero attached hydrogens (tertiary/aromatic N) is 4. The van der Waals surface area contributed by atoms with Gasteiger partial charge in [-0.15, -0.1) is 0 Å². The van der Waals surface area contributed by atoms with Crippen LogP contribution in [0.25, 0.3) is 10.9 Å². The molecule has 1 fully saturated rings. The van der Waals surface area contributed by atoms with Crippen molar-refractivity contribution in [3.63, 3.8) is 0 Å². The number of amides is 1. The van der Waals surface area contributed by atoms with Crippen molar-refractivity contribution in [2.75, 3.05) is 18.0 Å². The number of rotatable bonds is 3. The van der Waals surface area contributed by atoms with Crippen molar-refractivity contribution in [2.24, 2.45) is 0 Å². The molecule has 0 radical (unpaired) electrons. The quantitative estimate of drug-likeness (QED) is 0.785. The molecule has 1 aliphatic heterocycles. The minimum absolute atomic E-state index is 0.0177. The molecule has 0 atom stereocenters. The summed E-state index contributed by atoms with van der Waals surface area (Å²) in [5.41, 5.74) is 3.57. The maximum absolute atomic E-state index is 12.9. The number of hydrogen-bond acceptors (Lipinski definition) is 5. The average molecular weight is 351 g/mol. The summed E-state index contributed by atoms with van der Waals surface area (Å²) in [6, 6.07) is 7.58. The summed E-state index contributed by atoms with van der Waals surface area (Å²) < 4.78 is 12.9. The molecular weight excluding hydrogens is 333 g/mol. The van der Waals surface area contributed by atoms with Crippen LogP contribution in [0.1, 0.15) is 21.6 Å². The second kappa shape index (κ2) is 6.33. The Morgan fingerprint density at radius 3 is 2.65 bits per heavy atom. The van der Waals surface area contributed by atoms with E-state index >= 15 is 0 Å². The van der Waals surface area contributed by atoms with Crippen LogP contribution < -0.4 is 10.2 Å². The lowest BCUT2D eigenvalue weighted by Crippen LogP contribution is -2.60. The van der Waals surface area contributed by atoms with E-state index in [1.165, 1.54) is 0 Å². The average Bonchev–Trinajstić information content (AvgIpc) is 2.58. The van der Waals surface area contributed by atoms with E-state index in [0.717, 1.165) is 34.6 Å². The number of anilines is 1. The van der Waals surface area contributed by atoms with Crippen LogP contribution in [0.5, 0.6) is 0 Å². The summed E-state index contributed by atoms with van der Waals surface area (Å²) in [7, 11) is 0. The first-order valence-corrected chi connectivity index (χ1v) is 8.41. The lowest BCUT2D eigenvalue weighted by molar-refractivity contribution is 0.0930. The summed E-state index contributed by atoms with van der Waals surface area (Å²) in [6.07, 6.45) is 2.28. The number of halogens is 1. The van der Waals surface area contributed by atoms with Crippen LogP contribution in [0.4, 0.5) is 10.3 Å². The largest absolute Gasteiger partial charge is 0.346 e. The fourth-order valence-electron chi connectivity index (χ4n) is 3.17. The first-order valence-electron chi connectivity index (χ1n) is 8.41. The summed E-state index contributed by atoms with van der Waals surface area (Å²) in [6.45, 7) is 5.18. The van der Waals surface area contributed by atoms with Crippen LogP contribution in [-0.2, 0) is 0 Å². The third kappa shape index (κ3) is 3.08. The number of aromatic nitrogens is 3.